The van der Waals surface area contributed by atoms with E-state index in [0.717, 1.165) is 44.8 Å². The Hall–Kier alpha value is -1.26. The van der Waals surface area contributed by atoms with Crippen molar-refractivity contribution < 1.29 is 10.2 Å². The summed E-state index contributed by atoms with van der Waals surface area (Å²) in [6.07, 6.45) is 0.614. The van der Waals surface area contributed by atoms with Crippen LogP contribution in [0.15, 0.2) is 24.3 Å². The second kappa shape index (κ2) is 6.07. The zero-order chi connectivity index (χ0) is 13.0. The van der Waals surface area contributed by atoms with Gasteiger partial charge in [0.1, 0.15) is 5.75 Å². The number of benzene rings is 1. The van der Waals surface area contributed by atoms with E-state index in [0.29, 0.717) is 5.75 Å². The van der Waals surface area contributed by atoms with Gasteiger partial charge in [0.2, 0.25) is 0 Å². The monoisotopic (exact) mass is 250 g/mol. The molecule has 1 aromatic carbocycles. The fraction of sp³-hybridized carbons (Fsp3) is 0.571. The SMILES string of the molecule is CC[C@@H](O)CN1CCN(c2ccc(O)cc2)CC1. The van der Waals surface area contributed by atoms with Gasteiger partial charge in [-0.25, -0.2) is 0 Å². The van der Waals surface area contributed by atoms with Crippen LogP contribution in [0.3, 0.4) is 0 Å². The lowest BCUT2D eigenvalue weighted by atomic mass is 10.2. The van der Waals surface area contributed by atoms with Gasteiger partial charge in [0.15, 0.2) is 0 Å². The molecule has 1 atom stereocenters. The first-order chi connectivity index (χ1) is 8.69. The summed E-state index contributed by atoms with van der Waals surface area (Å²) in [6, 6.07) is 7.35. The number of piperazine rings is 1. The Kier molecular flexibility index (Phi) is 4.44. The lowest BCUT2D eigenvalue weighted by molar-refractivity contribution is 0.106. The molecule has 4 heteroatoms. The van der Waals surface area contributed by atoms with Gasteiger partial charge in [-0.05, 0) is 30.7 Å². The van der Waals surface area contributed by atoms with Crippen LogP contribution in [0.25, 0.3) is 0 Å². The number of rotatable bonds is 4. The van der Waals surface area contributed by atoms with Crippen LogP contribution >= 0.6 is 0 Å². The van der Waals surface area contributed by atoms with Crippen molar-refractivity contribution in [2.24, 2.45) is 0 Å². The molecule has 4 nitrogen and oxygen atoms in total. The predicted molar refractivity (Wildman–Crippen MR) is 73.1 cm³/mol. The maximum atomic E-state index is 9.64. The van der Waals surface area contributed by atoms with Crippen molar-refractivity contribution in [3.8, 4) is 5.75 Å². The first-order valence-corrected chi connectivity index (χ1v) is 6.63. The Morgan fingerprint density at radius 1 is 1.11 bits per heavy atom. The number of aliphatic hydroxyl groups is 1. The molecule has 0 bridgehead atoms. The standard InChI is InChI=1S/C14H22N2O2/c1-2-13(17)11-15-7-9-16(10-8-15)12-3-5-14(18)6-4-12/h3-6,13,17-18H,2,7-11H2,1H3/t13-/m1/s1. The summed E-state index contributed by atoms with van der Waals surface area (Å²) < 4.78 is 0. The van der Waals surface area contributed by atoms with Crippen molar-refractivity contribution in [3.05, 3.63) is 24.3 Å². The number of aliphatic hydroxyl groups excluding tert-OH is 1. The van der Waals surface area contributed by atoms with Crippen LogP contribution in [0.4, 0.5) is 5.69 Å². The molecule has 0 amide bonds. The third kappa shape index (κ3) is 3.37. The number of hydrogen-bond donors (Lipinski definition) is 2. The number of aromatic hydroxyl groups is 1. The Morgan fingerprint density at radius 2 is 1.72 bits per heavy atom. The smallest absolute Gasteiger partial charge is 0.115 e. The highest BCUT2D eigenvalue weighted by Gasteiger charge is 2.18. The van der Waals surface area contributed by atoms with E-state index >= 15 is 0 Å². The minimum Gasteiger partial charge on any atom is -0.508 e. The lowest BCUT2D eigenvalue weighted by Gasteiger charge is -2.36. The molecular weight excluding hydrogens is 228 g/mol. The quantitative estimate of drug-likeness (QED) is 0.845. The molecule has 1 aromatic rings. The lowest BCUT2D eigenvalue weighted by Crippen LogP contribution is -2.48. The third-order valence-corrected chi connectivity index (χ3v) is 3.53. The Labute approximate surface area is 108 Å². The zero-order valence-corrected chi connectivity index (χ0v) is 10.9. The number of β-amino-alcohol motifs (C(OH)–C–C–N with tert-alkyl or cyclic N) is 1. The molecule has 1 aliphatic heterocycles. The number of phenols is 1. The van der Waals surface area contributed by atoms with Crippen LogP contribution in [0.1, 0.15) is 13.3 Å². The molecule has 0 unspecified atom stereocenters. The van der Waals surface area contributed by atoms with E-state index in [4.69, 9.17) is 0 Å². The molecule has 0 spiro atoms. The highest BCUT2D eigenvalue weighted by molar-refractivity contribution is 5.49. The summed E-state index contributed by atoms with van der Waals surface area (Å²) in [5.74, 6) is 0.309. The van der Waals surface area contributed by atoms with Gasteiger partial charge in [-0.1, -0.05) is 6.92 Å². The van der Waals surface area contributed by atoms with Crippen LogP contribution < -0.4 is 4.90 Å². The van der Waals surface area contributed by atoms with Gasteiger partial charge in [0.25, 0.3) is 0 Å². The molecule has 0 aromatic heterocycles. The molecule has 2 rings (SSSR count). The van der Waals surface area contributed by atoms with Gasteiger partial charge < -0.3 is 15.1 Å². The summed E-state index contributed by atoms with van der Waals surface area (Å²) in [7, 11) is 0. The second-order valence-corrected chi connectivity index (χ2v) is 4.87. The first kappa shape index (κ1) is 13.2. The number of hydrogen-bond acceptors (Lipinski definition) is 4. The van der Waals surface area contributed by atoms with E-state index in [-0.39, 0.29) is 6.10 Å². The summed E-state index contributed by atoms with van der Waals surface area (Å²) in [4.78, 5) is 4.62. The maximum Gasteiger partial charge on any atom is 0.115 e. The number of phenolic OH excluding ortho intramolecular Hbond substituents is 1. The number of anilines is 1. The molecule has 100 valence electrons. The van der Waals surface area contributed by atoms with Crippen molar-refractivity contribution in [3.63, 3.8) is 0 Å². The Morgan fingerprint density at radius 3 is 2.28 bits per heavy atom. The van der Waals surface area contributed by atoms with E-state index in [1.54, 1.807) is 12.1 Å². The highest BCUT2D eigenvalue weighted by Crippen LogP contribution is 2.19. The van der Waals surface area contributed by atoms with Crippen LogP contribution in [0, 0.1) is 0 Å². The van der Waals surface area contributed by atoms with Crippen molar-refractivity contribution >= 4 is 5.69 Å². The molecular formula is C14H22N2O2. The fourth-order valence-electron chi connectivity index (χ4n) is 2.28. The maximum absolute atomic E-state index is 9.64. The topological polar surface area (TPSA) is 46.9 Å². The minimum absolute atomic E-state index is 0.203. The van der Waals surface area contributed by atoms with Crippen LogP contribution in [0.2, 0.25) is 0 Å². The first-order valence-electron chi connectivity index (χ1n) is 6.63. The van der Waals surface area contributed by atoms with Gasteiger partial charge in [-0.3, -0.25) is 4.90 Å². The molecule has 0 radical (unpaired) electrons. The summed E-state index contributed by atoms with van der Waals surface area (Å²) >= 11 is 0. The molecule has 0 aliphatic carbocycles. The predicted octanol–water partition coefficient (Wildman–Crippen LogP) is 1.29. The van der Waals surface area contributed by atoms with E-state index in [9.17, 15) is 10.2 Å². The largest absolute Gasteiger partial charge is 0.508 e. The fourth-order valence-corrected chi connectivity index (χ4v) is 2.28. The molecule has 18 heavy (non-hydrogen) atoms. The molecule has 1 heterocycles. The highest BCUT2D eigenvalue weighted by atomic mass is 16.3. The van der Waals surface area contributed by atoms with E-state index in [2.05, 4.69) is 9.80 Å². The average molecular weight is 250 g/mol. The van der Waals surface area contributed by atoms with Crippen molar-refractivity contribution in [2.45, 2.75) is 19.4 Å². The molecule has 2 N–H and O–H groups in total. The summed E-state index contributed by atoms with van der Waals surface area (Å²) in [6.45, 7) is 6.70. The minimum atomic E-state index is -0.203. The summed E-state index contributed by atoms with van der Waals surface area (Å²) in [5.41, 5.74) is 1.16. The van der Waals surface area contributed by atoms with E-state index < -0.39 is 0 Å². The summed E-state index contributed by atoms with van der Waals surface area (Å²) in [5, 5.41) is 18.9. The van der Waals surface area contributed by atoms with Crippen LogP contribution in [-0.4, -0.2) is 53.9 Å². The Bertz CT molecular complexity index is 359. The van der Waals surface area contributed by atoms with E-state index in [1.807, 2.05) is 19.1 Å². The van der Waals surface area contributed by atoms with Crippen LogP contribution in [-0.2, 0) is 0 Å². The van der Waals surface area contributed by atoms with E-state index in [1.165, 1.54) is 0 Å². The average Bonchev–Trinajstić information content (AvgIpc) is 2.40. The van der Waals surface area contributed by atoms with Crippen molar-refractivity contribution in [1.29, 1.82) is 0 Å². The van der Waals surface area contributed by atoms with Gasteiger partial charge in [-0.15, -0.1) is 0 Å². The van der Waals surface area contributed by atoms with Gasteiger partial charge >= 0.3 is 0 Å². The van der Waals surface area contributed by atoms with Gasteiger partial charge in [-0.2, -0.15) is 0 Å². The third-order valence-electron chi connectivity index (χ3n) is 3.53. The molecule has 1 aliphatic rings. The molecule has 1 fully saturated rings. The van der Waals surface area contributed by atoms with Crippen molar-refractivity contribution in [1.82, 2.24) is 4.90 Å². The van der Waals surface area contributed by atoms with Gasteiger partial charge in [0, 0.05) is 38.4 Å². The van der Waals surface area contributed by atoms with Crippen molar-refractivity contribution in [2.75, 3.05) is 37.6 Å². The van der Waals surface area contributed by atoms with Gasteiger partial charge in [0.05, 0.1) is 6.10 Å². The van der Waals surface area contributed by atoms with Crippen LogP contribution in [0.5, 0.6) is 5.75 Å². The zero-order valence-electron chi connectivity index (χ0n) is 10.9. The normalized spacial score (nSPS) is 18.9. The second-order valence-electron chi connectivity index (χ2n) is 4.87. The number of nitrogens with zero attached hydrogens (tertiary/aromatic N) is 2. The molecule has 1 saturated heterocycles. The Balaban J connectivity index is 1.84. The molecule has 0 saturated carbocycles.